The van der Waals surface area contributed by atoms with Crippen molar-refractivity contribution >= 4 is 33.4 Å². The predicted molar refractivity (Wildman–Crippen MR) is 106 cm³/mol. The van der Waals surface area contributed by atoms with E-state index in [0.717, 1.165) is 15.6 Å². The fraction of sp³-hybridized carbons (Fsp3) is 0.211. The van der Waals surface area contributed by atoms with Crippen LogP contribution in [0.2, 0.25) is 0 Å². The molecule has 8 nitrogen and oxygen atoms in total. The van der Waals surface area contributed by atoms with Gasteiger partial charge < -0.3 is 15.2 Å². The summed E-state index contributed by atoms with van der Waals surface area (Å²) in [5.74, 6) is 0.205. The molecule has 0 aliphatic heterocycles. The highest BCUT2D eigenvalue weighted by Crippen LogP contribution is 2.19. The van der Waals surface area contributed by atoms with Crippen LogP contribution in [0.5, 0.6) is 0 Å². The van der Waals surface area contributed by atoms with Crippen LogP contribution in [0.4, 0.5) is 5.69 Å². The maximum Gasteiger partial charge on any atom is 0.243 e. The Kier molecular flexibility index (Phi) is 6.49. The summed E-state index contributed by atoms with van der Waals surface area (Å²) < 4.78 is 6.08. The Morgan fingerprint density at radius 2 is 2.07 bits per heavy atom. The van der Waals surface area contributed by atoms with Crippen molar-refractivity contribution in [2.24, 2.45) is 0 Å². The Balaban J connectivity index is 1.43. The summed E-state index contributed by atoms with van der Waals surface area (Å²) in [6, 6.07) is 9.14. The van der Waals surface area contributed by atoms with Gasteiger partial charge in [0.05, 0.1) is 6.54 Å². The molecule has 0 atom stereocenters. The smallest absolute Gasteiger partial charge is 0.243 e. The standard InChI is InChI=1S/C19H18BrN5O3/c1-12-9-14(20)4-5-15(12)23-17(27)11-22-16(26)6-7-18-24-19(25-28-18)13-3-2-8-21-10-13/h2-5,8-10H,6-7,11H2,1H3,(H,22,26)(H,23,27). The molecule has 0 bridgehead atoms. The lowest BCUT2D eigenvalue weighted by molar-refractivity contribution is -0.124. The number of hydrogen-bond acceptors (Lipinski definition) is 6. The second-order valence-corrected chi connectivity index (χ2v) is 6.95. The molecule has 0 radical (unpaired) electrons. The first-order valence-electron chi connectivity index (χ1n) is 8.57. The van der Waals surface area contributed by atoms with Gasteiger partial charge in [-0.15, -0.1) is 0 Å². The summed E-state index contributed by atoms with van der Waals surface area (Å²) >= 11 is 3.37. The van der Waals surface area contributed by atoms with Crippen molar-refractivity contribution in [3.05, 3.63) is 58.7 Å². The van der Waals surface area contributed by atoms with E-state index in [0.29, 0.717) is 17.4 Å². The predicted octanol–water partition coefficient (Wildman–Crippen LogP) is 2.89. The molecule has 2 aromatic heterocycles. The number of carbonyl (C=O) groups is 2. The normalized spacial score (nSPS) is 10.5. The van der Waals surface area contributed by atoms with E-state index in [1.807, 2.05) is 25.1 Å². The van der Waals surface area contributed by atoms with E-state index < -0.39 is 0 Å². The van der Waals surface area contributed by atoms with Gasteiger partial charge in [-0.3, -0.25) is 14.6 Å². The van der Waals surface area contributed by atoms with E-state index in [4.69, 9.17) is 4.52 Å². The molecule has 2 amide bonds. The summed E-state index contributed by atoms with van der Waals surface area (Å²) in [6.07, 6.45) is 3.71. The molecule has 0 saturated carbocycles. The SMILES string of the molecule is Cc1cc(Br)ccc1NC(=O)CNC(=O)CCc1nc(-c2cccnc2)no1. The fourth-order valence-electron chi connectivity index (χ4n) is 2.42. The van der Waals surface area contributed by atoms with Crippen LogP contribution in [0.15, 0.2) is 51.7 Å². The number of hydrogen-bond donors (Lipinski definition) is 2. The van der Waals surface area contributed by atoms with Gasteiger partial charge >= 0.3 is 0 Å². The lowest BCUT2D eigenvalue weighted by Gasteiger charge is -2.09. The number of anilines is 1. The van der Waals surface area contributed by atoms with Crippen molar-refractivity contribution in [1.29, 1.82) is 0 Å². The Morgan fingerprint density at radius 3 is 2.82 bits per heavy atom. The van der Waals surface area contributed by atoms with Crippen LogP contribution >= 0.6 is 15.9 Å². The van der Waals surface area contributed by atoms with Gasteiger partial charge in [-0.2, -0.15) is 4.98 Å². The maximum absolute atomic E-state index is 12.0. The third kappa shape index (κ3) is 5.46. The highest BCUT2D eigenvalue weighted by atomic mass is 79.9. The van der Waals surface area contributed by atoms with Gasteiger partial charge in [-0.1, -0.05) is 21.1 Å². The van der Waals surface area contributed by atoms with Crippen molar-refractivity contribution in [2.45, 2.75) is 19.8 Å². The summed E-state index contributed by atoms with van der Waals surface area (Å²) in [4.78, 5) is 32.2. The largest absolute Gasteiger partial charge is 0.347 e. The van der Waals surface area contributed by atoms with Crippen LogP contribution in [0.3, 0.4) is 0 Å². The molecular formula is C19H18BrN5O3. The molecule has 0 aliphatic carbocycles. The Morgan fingerprint density at radius 1 is 1.21 bits per heavy atom. The molecule has 3 rings (SSSR count). The summed E-state index contributed by atoms with van der Waals surface area (Å²) in [5.41, 5.74) is 2.37. The number of nitrogens with one attached hydrogen (secondary N) is 2. The quantitative estimate of drug-likeness (QED) is 0.580. The second kappa shape index (κ2) is 9.23. The first kappa shape index (κ1) is 19.7. The molecule has 2 heterocycles. The minimum atomic E-state index is -0.296. The average molecular weight is 444 g/mol. The summed E-state index contributed by atoms with van der Waals surface area (Å²) in [7, 11) is 0. The van der Waals surface area contributed by atoms with Gasteiger partial charge in [-0.25, -0.2) is 0 Å². The van der Waals surface area contributed by atoms with Crippen LogP contribution in [0.1, 0.15) is 17.9 Å². The summed E-state index contributed by atoms with van der Waals surface area (Å²) in [6.45, 7) is 1.78. The number of amides is 2. The molecule has 28 heavy (non-hydrogen) atoms. The highest BCUT2D eigenvalue weighted by molar-refractivity contribution is 9.10. The van der Waals surface area contributed by atoms with Crippen molar-refractivity contribution in [1.82, 2.24) is 20.4 Å². The number of benzene rings is 1. The zero-order valence-electron chi connectivity index (χ0n) is 15.1. The second-order valence-electron chi connectivity index (χ2n) is 6.04. The van der Waals surface area contributed by atoms with E-state index >= 15 is 0 Å². The summed E-state index contributed by atoms with van der Waals surface area (Å²) in [5, 5.41) is 9.22. The minimum absolute atomic E-state index is 0.112. The van der Waals surface area contributed by atoms with Crippen LogP contribution in [0.25, 0.3) is 11.4 Å². The van der Waals surface area contributed by atoms with Crippen molar-refractivity contribution < 1.29 is 14.1 Å². The van der Waals surface area contributed by atoms with Gasteiger partial charge in [0.25, 0.3) is 0 Å². The topological polar surface area (TPSA) is 110 Å². The van der Waals surface area contributed by atoms with Crippen molar-refractivity contribution in [3.63, 3.8) is 0 Å². The molecule has 9 heteroatoms. The van der Waals surface area contributed by atoms with Crippen LogP contribution < -0.4 is 10.6 Å². The Labute approximate surface area is 169 Å². The molecule has 0 spiro atoms. The number of carbonyl (C=O) groups excluding carboxylic acids is 2. The molecule has 1 aromatic carbocycles. The molecule has 0 unspecified atom stereocenters. The van der Waals surface area contributed by atoms with Gasteiger partial charge in [0.15, 0.2) is 0 Å². The van der Waals surface area contributed by atoms with Crippen LogP contribution in [-0.2, 0) is 16.0 Å². The van der Waals surface area contributed by atoms with Crippen molar-refractivity contribution in [2.75, 3.05) is 11.9 Å². The highest BCUT2D eigenvalue weighted by Gasteiger charge is 2.12. The van der Waals surface area contributed by atoms with E-state index in [1.54, 1.807) is 24.5 Å². The van der Waals surface area contributed by atoms with Gasteiger partial charge in [-0.05, 0) is 42.8 Å². The van der Waals surface area contributed by atoms with E-state index in [1.165, 1.54) is 0 Å². The van der Waals surface area contributed by atoms with Gasteiger partial charge in [0.2, 0.25) is 23.5 Å². The van der Waals surface area contributed by atoms with Gasteiger partial charge in [0.1, 0.15) is 0 Å². The maximum atomic E-state index is 12.0. The average Bonchev–Trinajstić information content (AvgIpc) is 3.17. The van der Waals surface area contributed by atoms with Crippen molar-refractivity contribution in [3.8, 4) is 11.4 Å². The molecular weight excluding hydrogens is 426 g/mol. The fourth-order valence-corrected chi connectivity index (χ4v) is 2.89. The molecule has 0 fully saturated rings. The monoisotopic (exact) mass is 443 g/mol. The Bertz CT molecular complexity index is 975. The number of nitrogens with zero attached hydrogens (tertiary/aromatic N) is 3. The van der Waals surface area contributed by atoms with Crippen LogP contribution in [-0.4, -0.2) is 33.5 Å². The third-order valence-corrected chi connectivity index (χ3v) is 4.36. The molecule has 2 N–H and O–H groups in total. The third-order valence-electron chi connectivity index (χ3n) is 3.86. The molecule has 144 valence electrons. The first-order valence-corrected chi connectivity index (χ1v) is 9.36. The Hall–Kier alpha value is -3.07. The number of aryl methyl sites for hydroxylation is 2. The number of halogens is 1. The molecule has 0 saturated heterocycles. The van der Waals surface area contributed by atoms with E-state index in [-0.39, 0.29) is 31.2 Å². The minimum Gasteiger partial charge on any atom is -0.347 e. The van der Waals surface area contributed by atoms with E-state index in [9.17, 15) is 9.59 Å². The molecule has 3 aromatic rings. The lowest BCUT2D eigenvalue weighted by atomic mass is 10.2. The lowest BCUT2D eigenvalue weighted by Crippen LogP contribution is -2.33. The first-order chi connectivity index (χ1) is 13.5. The van der Waals surface area contributed by atoms with Crippen LogP contribution in [0, 0.1) is 6.92 Å². The number of pyridine rings is 1. The number of aromatic nitrogens is 3. The molecule has 0 aliphatic rings. The zero-order valence-corrected chi connectivity index (χ0v) is 16.7. The zero-order chi connectivity index (χ0) is 19.9. The number of rotatable bonds is 7. The van der Waals surface area contributed by atoms with Gasteiger partial charge in [0, 0.05) is 41.0 Å². The van der Waals surface area contributed by atoms with E-state index in [2.05, 4.69) is 41.7 Å².